The molecular formula is C22H25N3O2. The SMILES string of the molecule is CCCCc1ccc(NC(=O)C2=CCC(=O)N(c3ccccc3C)N2)cc1. The van der Waals surface area contributed by atoms with Gasteiger partial charge in [0.15, 0.2) is 0 Å². The summed E-state index contributed by atoms with van der Waals surface area (Å²) in [6.45, 7) is 4.10. The molecule has 3 rings (SSSR count). The van der Waals surface area contributed by atoms with Crippen LogP contribution in [0.5, 0.6) is 0 Å². The van der Waals surface area contributed by atoms with Crippen molar-refractivity contribution in [3.05, 3.63) is 71.4 Å². The van der Waals surface area contributed by atoms with E-state index in [-0.39, 0.29) is 18.2 Å². The van der Waals surface area contributed by atoms with E-state index >= 15 is 0 Å². The fraction of sp³-hybridized carbons (Fsp3) is 0.273. The molecule has 0 spiro atoms. The lowest BCUT2D eigenvalue weighted by Gasteiger charge is -2.29. The number of hydrogen-bond acceptors (Lipinski definition) is 3. The first kappa shape index (κ1) is 18.7. The number of para-hydroxylation sites is 1. The number of anilines is 2. The number of carbonyl (C=O) groups is 2. The Balaban J connectivity index is 1.68. The van der Waals surface area contributed by atoms with Crippen LogP contribution in [0, 0.1) is 6.92 Å². The minimum Gasteiger partial charge on any atom is -0.321 e. The number of nitrogens with one attached hydrogen (secondary N) is 2. The highest BCUT2D eigenvalue weighted by atomic mass is 16.2. The van der Waals surface area contributed by atoms with Gasteiger partial charge in [0.05, 0.1) is 5.69 Å². The lowest BCUT2D eigenvalue weighted by atomic mass is 10.1. The number of rotatable bonds is 6. The Hall–Kier alpha value is -3.08. The van der Waals surface area contributed by atoms with Crippen molar-refractivity contribution in [2.24, 2.45) is 0 Å². The fourth-order valence-corrected chi connectivity index (χ4v) is 3.00. The molecule has 0 aliphatic carbocycles. The van der Waals surface area contributed by atoms with E-state index in [1.807, 2.05) is 55.5 Å². The third kappa shape index (κ3) is 4.56. The van der Waals surface area contributed by atoms with E-state index in [0.717, 1.165) is 36.2 Å². The van der Waals surface area contributed by atoms with Gasteiger partial charge in [-0.1, -0.05) is 43.7 Å². The molecule has 2 aromatic rings. The van der Waals surface area contributed by atoms with Crippen LogP contribution in [0.4, 0.5) is 11.4 Å². The van der Waals surface area contributed by atoms with Crippen molar-refractivity contribution >= 4 is 23.2 Å². The summed E-state index contributed by atoms with van der Waals surface area (Å²) < 4.78 is 0. The van der Waals surface area contributed by atoms with Gasteiger partial charge in [-0.2, -0.15) is 0 Å². The van der Waals surface area contributed by atoms with Crippen LogP contribution in [-0.2, 0) is 16.0 Å². The largest absolute Gasteiger partial charge is 0.321 e. The average Bonchev–Trinajstić information content (AvgIpc) is 2.68. The smallest absolute Gasteiger partial charge is 0.273 e. The molecule has 5 heteroatoms. The summed E-state index contributed by atoms with van der Waals surface area (Å²) in [7, 11) is 0. The molecule has 1 aliphatic heterocycles. The van der Waals surface area contributed by atoms with Gasteiger partial charge in [0.2, 0.25) is 5.91 Å². The quantitative estimate of drug-likeness (QED) is 0.812. The summed E-state index contributed by atoms with van der Waals surface area (Å²) >= 11 is 0. The van der Waals surface area contributed by atoms with Crippen molar-refractivity contribution in [3.63, 3.8) is 0 Å². The Morgan fingerprint density at radius 2 is 1.89 bits per heavy atom. The first-order valence-electron chi connectivity index (χ1n) is 9.34. The van der Waals surface area contributed by atoms with Gasteiger partial charge in [0.1, 0.15) is 5.70 Å². The van der Waals surface area contributed by atoms with E-state index in [2.05, 4.69) is 17.7 Å². The topological polar surface area (TPSA) is 61.4 Å². The molecule has 0 saturated carbocycles. The molecule has 2 aromatic carbocycles. The molecular weight excluding hydrogens is 338 g/mol. The van der Waals surface area contributed by atoms with Crippen molar-refractivity contribution in [2.45, 2.75) is 39.5 Å². The van der Waals surface area contributed by atoms with Crippen molar-refractivity contribution in [1.82, 2.24) is 5.43 Å². The number of amides is 2. The highest BCUT2D eigenvalue weighted by Crippen LogP contribution is 2.22. The van der Waals surface area contributed by atoms with Gasteiger partial charge in [-0.3, -0.25) is 15.0 Å². The highest BCUT2D eigenvalue weighted by molar-refractivity contribution is 6.06. The van der Waals surface area contributed by atoms with Crippen molar-refractivity contribution in [2.75, 3.05) is 10.3 Å². The van der Waals surface area contributed by atoms with Crippen LogP contribution in [0.3, 0.4) is 0 Å². The summed E-state index contributed by atoms with van der Waals surface area (Å²) in [5.74, 6) is -0.358. The van der Waals surface area contributed by atoms with Crippen molar-refractivity contribution in [3.8, 4) is 0 Å². The Morgan fingerprint density at radius 3 is 2.59 bits per heavy atom. The van der Waals surface area contributed by atoms with Crippen LogP contribution in [0.15, 0.2) is 60.3 Å². The van der Waals surface area contributed by atoms with Crippen LogP contribution in [0.2, 0.25) is 0 Å². The molecule has 27 heavy (non-hydrogen) atoms. The van der Waals surface area contributed by atoms with E-state index in [4.69, 9.17) is 0 Å². The third-order valence-electron chi connectivity index (χ3n) is 4.59. The second-order valence-corrected chi connectivity index (χ2v) is 6.70. The van der Waals surface area contributed by atoms with Gasteiger partial charge in [0.25, 0.3) is 5.91 Å². The zero-order chi connectivity index (χ0) is 19.2. The van der Waals surface area contributed by atoms with Gasteiger partial charge < -0.3 is 5.32 Å². The molecule has 0 atom stereocenters. The lowest BCUT2D eigenvalue weighted by Crippen LogP contribution is -2.48. The molecule has 0 saturated heterocycles. The minimum absolute atomic E-state index is 0.0962. The number of unbranched alkanes of at least 4 members (excludes halogenated alkanes) is 1. The zero-order valence-corrected chi connectivity index (χ0v) is 15.8. The molecule has 0 radical (unpaired) electrons. The second kappa shape index (κ2) is 8.54. The third-order valence-corrected chi connectivity index (χ3v) is 4.59. The Labute approximate surface area is 160 Å². The molecule has 0 bridgehead atoms. The number of aryl methyl sites for hydroxylation is 2. The van der Waals surface area contributed by atoms with Gasteiger partial charge >= 0.3 is 0 Å². The predicted molar refractivity (Wildman–Crippen MR) is 108 cm³/mol. The van der Waals surface area contributed by atoms with Crippen LogP contribution in [-0.4, -0.2) is 11.8 Å². The second-order valence-electron chi connectivity index (χ2n) is 6.70. The number of benzene rings is 2. The molecule has 140 valence electrons. The summed E-state index contributed by atoms with van der Waals surface area (Å²) in [6.07, 6.45) is 5.17. The maximum atomic E-state index is 12.6. The Bertz CT molecular complexity index is 856. The fourth-order valence-electron chi connectivity index (χ4n) is 3.00. The maximum Gasteiger partial charge on any atom is 0.273 e. The first-order chi connectivity index (χ1) is 13.1. The summed E-state index contributed by atoms with van der Waals surface area (Å²) in [4.78, 5) is 24.9. The van der Waals surface area contributed by atoms with Crippen LogP contribution in [0.1, 0.15) is 37.3 Å². The maximum absolute atomic E-state index is 12.6. The monoisotopic (exact) mass is 363 g/mol. The van der Waals surface area contributed by atoms with Crippen LogP contribution < -0.4 is 15.8 Å². The predicted octanol–water partition coefficient (Wildman–Crippen LogP) is 4.10. The molecule has 0 fully saturated rings. The van der Waals surface area contributed by atoms with Crippen LogP contribution in [0.25, 0.3) is 0 Å². The molecule has 0 aromatic heterocycles. The molecule has 0 unspecified atom stereocenters. The molecule has 2 amide bonds. The standard InChI is InChI=1S/C22H25N3O2/c1-3-4-8-17-10-12-18(13-11-17)23-22(27)19-14-15-21(26)25(24-19)20-9-6-5-7-16(20)2/h5-7,9-14,24H,3-4,8,15H2,1-2H3,(H,23,27). The normalized spacial score (nSPS) is 13.8. The molecule has 2 N–H and O–H groups in total. The average molecular weight is 363 g/mol. The molecule has 1 heterocycles. The highest BCUT2D eigenvalue weighted by Gasteiger charge is 2.25. The molecule has 1 aliphatic rings. The minimum atomic E-state index is -0.262. The summed E-state index contributed by atoms with van der Waals surface area (Å²) in [6, 6.07) is 15.5. The van der Waals surface area contributed by atoms with E-state index in [1.54, 1.807) is 6.08 Å². The van der Waals surface area contributed by atoms with E-state index in [0.29, 0.717) is 5.70 Å². The van der Waals surface area contributed by atoms with E-state index < -0.39 is 0 Å². The number of carbonyl (C=O) groups excluding carboxylic acids is 2. The number of hydrazine groups is 1. The summed E-state index contributed by atoms with van der Waals surface area (Å²) in [5, 5.41) is 4.33. The number of nitrogens with zero attached hydrogens (tertiary/aromatic N) is 1. The Morgan fingerprint density at radius 1 is 1.15 bits per heavy atom. The lowest BCUT2D eigenvalue weighted by molar-refractivity contribution is -0.119. The van der Waals surface area contributed by atoms with Crippen molar-refractivity contribution in [1.29, 1.82) is 0 Å². The van der Waals surface area contributed by atoms with Gasteiger partial charge in [-0.25, -0.2) is 5.01 Å². The van der Waals surface area contributed by atoms with Crippen LogP contribution >= 0.6 is 0 Å². The summed E-state index contributed by atoms with van der Waals surface area (Å²) in [5.41, 5.74) is 7.04. The first-order valence-corrected chi connectivity index (χ1v) is 9.34. The van der Waals surface area contributed by atoms with Gasteiger partial charge in [-0.05, 0) is 55.2 Å². The van der Waals surface area contributed by atoms with Crippen molar-refractivity contribution < 1.29 is 9.59 Å². The van der Waals surface area contributed by atoms with Gasteiger partial charge in [0, 0.05) is 12.1 Å². The number of hydrogen-bond donors (Lipinski definition) is 2. The molecule has 5 nitrogen and oxygen atoms in total. The zero-order valence-electron chi connectivity index (χ0n) is 15.8. The Kier molecular flexibility index (Phi) is 5.91. The van der Waals surface area contributed by atoms with E-state index in [9.17, 15) is 9.59 Å². The van der Waals surface area contributed by atoms with E-state index in [1.165, 1.54) is 10.6 Å². The van der Waals surface area contributed by atoms with Gasteiger partial charge in [-0.15, -0.1) is 0 Å².